The van der Waals surface area contributed by atoms with Crippen LogP contribution in [-0.2, 0) is 12.8 Å². The van der Waals surface area contributed by atoms with E-state index in [9.17, 15) is 9.90 Å². The predicted octanol–water partition coefficient (Wildman–Crippen LogP) is 5.72. The summed E-state index contributed by atoms with van der Waals surface area (Å²) in [5, 5.41) is 12.5. The topological polar surface area (TPSA) is 63.8 Å². The number of fused-ring (bicyclic) bond motifs is 2. The van der Waals surface area contributed by atoms with Crippen molar-refractivity contribution in [1.82, 2.24) is 4.57 Å². The molecule has 1 aromatic heterocycles. The number of aromatic hydroxyl groups is 1. The number of nitrogens with zero attached hydrogens (tertiary/aromatic N) is 2. The van der Waals surface area contributed by atoms with Crippen LogP contribution in [0, 0.1) is 0 Å². The van der Waals surface area contributed by atoms with Gasteiger partial charge in [-0.2, -0.15) is 0 Å². The summed E-state index contributed by atoms with van der Waals surface area (Å²) in [5.74, 6) is 0.585. The van der Waals surface area contributed by atoms with Gasteiger partial charge >= 0.3 is 0 Å². The van der Waals surface area contributed by atoms with Gasteiger partial charge in [-0.25, -0.2) is 4.57 Å². The van der Waals surface area contributed by atoms with Gasteiger partial charge in [0, 0.05) is 17.0 Å². The number of aromatic nitrogens is 1. The first-order chi connectivity index (χ1) is 16.2. The molecule has 0 saturated heterocycles. The summed E-state index contributed by atoms with van der Waals surface area (Å²) in [6, 6.07) is 20.7. The predicted molar refractivity (Wildman–Crippen MR) is 133 cm³/mol. The van der Waals surface area contributed by atoms with E-state index < -0.39 is 0 Å². The molecule has 1 aliphatic rings. The van der Waals surface area contributed by atoms with E-state index in [0.717, 1.165) is 24.9 Å². The Morgan fingerprint density at radius 1 is 0.970 bits per heavy atom. The van der Waals surface area contributed by atoms with E-state index in [2.05, 4.69) is 6.07 Å². The van der Waals surface area contributed by atoms with Crippen molar-refractivity contribution < 1.29 is 9.84 Å². The molecule has 0 bridgehead atoms. The Morgan fingerprint density at radius 2 is 1.73 bits per heavy atom. The molecular formula is C28H26N2O3. The Morgan fingerprint density at radius 3 is 2.52 bits per heavy atom. The lowest BCUT2D eigenvalue weighted by Gasteiger charge is -2.17. The van der Waals surface area contributed by atoms with E-state index in [1.807, 2.05) is 37.3 Å². The number of aliphatic imine (C=N–C) groups is 1. The summed E-state index contributed by atoms with van der Waals surface area (Å²) < 4.78 is 6.85. The second kappa shape index (κ2) is 8.94. The molecular weight excluding hydrogens is 412 g/mol. The smallest absolute Gasteiger partial charge is 0.265 e. The maximum atomic E-state index is 13.3. The third kappa shape index (κ3) is 3.91. The number of hydrogen-bond donors (Lipinski definition) is 1. The Hall–Kier alpha value is -3.86. The van der Waals surface area contributed by atoms with E-state index in [-0.39, 0.29) is 11.4 Å². The highest BCUT2D eigenvalue weighted by Crippen LogP contribution is 2.31. The first kappa shape index (κ1) is 21.0. The van der Waals surface area contributed by atoms with Crippen LogP contribution in [-0.4, -0.2) is 22.5 Å². The summed E-state index contributed by atoms with van der Waals surface area (Å²) >= 11 is 0. The molecule has 0 unspecified atom stereocenters. The summed E-state index contributed by atoms with van der Waals surface area (Å²) in [7, 11) is 0. The fraction of sp³-hybridized carbons (Fsp3) is 0.214. The summed E-state index contributed by atoms with van der Waals surface area (Å²) in [4.78, 5) is 18.1. The molecule has 0 fully saturated rings. The second-order valence-corrected chi connectivity index (χ2v) is 8.23. The van der Waals surface area contributed by atoms with Gasteiger partial charge in [0.05, 0.1) is 23.5 Å². The Balaban J connectivity index is 1.66. The number of hydrogen-bond acceptors (Lipinski definition) is 4. The van der Waals surface area contributed by atoms with Gasteiger partial charge in [-0.3, -0.25) is 9.79 Å². The van der Waals surface area contributed by atoms with Gasteiger partial charge in [-0.05, 0) is 80.1 Å². The van der Waals surface area contributed by atoms with Crippen molar-refractivity contribution in [3.8, 4) is 17.3 Å². The second-order valence-electron chi connectivity index (χ2n) is 8.23. The van der Waals surface area contributed by atoms with E-state index >= 15 is 0 Å². The number of rotatable bonds is 5. The van der Waals surface area contributed by atoms with Gasteiger partial charge in [-0.15, -0.1) is 0 Å². The SMILES string of the molecule is CCOc1ccc(-n2c(O)c(C=Nc3cccc4c3CCCC4)c3ccccc3c2=O)cc1. The van der Waals surface area contributed by atoms with Gasteiger partial charge in [0.1, 0.15) is 5.75 Å². The molecule has 1 N–H and O–H groups in total. The largest absolute Gasteiger partial charge is 0.494 e. The van der Waals surface area contributed by atoms with Crippen LogP contribution in [0.15, 0.2) is 76.5 Å². The first-order valence-electron chi connectivity index (χ1n) is 11.4. The summed E-state index contributed by atoms with van der Waals surface area (Å²) in [6.45, 7) is 2.48. The molecule has 0 saturated carbocycles. The zero-order valence-corrected chi connectivity index (χ0v) is 18.6. The van der Waals surface area contributed by atoms with Gasteiger partial charge < -0.3 is 9.84 Å². The normalized spacial score (nSPS) is 13.4. The minimum atomic E-state index is -0.276. The van der Waals surface area contributed by atoms with Crippen LogP contribution in [0.4, 0.5) is 5.69 Å². The third-order valence-electron chi connectivity index (χ3n) is 6.21. The van der Waals surface area contributed by atoms with Crippen molar-refractivity contribution in [3.05, 3.63) is 93.8 Å². The lowest BCUT2D eigenvalue weighted by molar-refractivity contribution is 0.340. The molecule has 1 aliphatic carbocycles. The summed E-state index contributed by atoms with van der Waals surface area (Å²) in [5.41, 5.74) is 4.37. The molecule has 0 amide bonds. The zero-order valence-electron chi connectivity index (χ0n) is 18.6. The standard InChI is InChI=1S/C28H26N2O3/c1-2-33-21-16-14-20(15-17-21)30-27(31)24-12-6-5-11-23(24)25(28(30)32)18-29-26-13-7-9-19-8-3-4-10-22(19)26/h5-7,9,11-18,32H,2-4,8,10H2,1H3. The monoisotopic (exact) mass is 438 g/mol. The van der Waals surface area contributed by atoms with Crippen LogP contribution >= 0.6 is 0 Å². The van der Waals surface area contributed by atoms with Crippen molar-refractivity contribution in [2.24, 2.45) is 4.99 Å². The first-order valence-corrected chi connectivity index (χ1v) is 11.4. The molecule has 0 radical (unpaired) electrons. The van der Waals surface area contributed by atoms with Crippen LogP contribution in [0.3, 0.4) is 0 Å². The molecule has 0 spiro atoms. The Bertz CT molecular complexity index is 1400. The minimum Gasteiger partial charge on any atom is -0.494 e. The highest BCUT2D eigenvalue weighted by Gasteiger charge is 2.17. The van der Waals surface area contributed by atoms with Crippen molar-refractivity contribution in [1.29, 1.82) is 0 Å². The maximum Gasteiger partial charge on any atom is 0.265 e. The van der Waals surface area contributed by atoms with Crippen molar-refractivity contribution in [3.63, 3.8) is 0 Å². The Labute approximate surface area is 192 Å². The van der Waals surface area contributed by atoms with Crippen LogP contribution in [0.1, 0.15) is 36.5 Å². The Kier molecular flexibility index (Phi) is 5.69. The number of benzene rings is 3. The zero-order chi connectivity index (χ0) is 22.8. The van der Waals surface area contributed by atoms with Crippen molar-refractivity contribution in [2.45, 2.75) is 32.6 Å². The van der Waals surface area contributed by atoms with E-state index in [1.165, 1.54) is 22.1 Å². The fourth-order valence-corrected chi connectivity index (χ4v) is 4.60. The highest BCUT2D eigenvalue weighted by atomic mass is 16.5. The maximum absolute atomic E-state index is 13.3. The van der Waals surface area contributed by atoms with Crippen LogP contribution < -0.4 is 10.3 Å². The molecule has 33 heavy (non-hydrogen) atoms. The van der Waals surface area contributed by atoms with Gasteiger partial charge in [0.2, 0.25) is 5.88 Å². The molecule has 5 heteroatoms. The number of pyridine rings is 1. The van der Waals surface area contributed by atoms with Crippen molar-refractivity contribution >= 4 is 22.7 Å². The van der Waals surface area contributed by atoms with Crippen LogP contribution in [0.5, 0.6) is 11.6 Å². The molecule has 4 aromatic rings. The average Bonchev–Trinajstić information content (AvgIpc) is 2.85. The van der Waals surface area contributed by atoms with Crippen molar-refractivity contribution in [2.75, 3.05) is 6.61 Å². The van der Waals surface area contributed by atoms with Crippen LogP contribution in [0.2, 0.25) is 0 Å². The fourth-order valence-electron chi connectivity index (χ4n) is 4.60. The molecule has 166 valence electrons. The molecule has 3 aromatic carbocycles. The van der Waals surface area contributed by atoms with E-state index in [0.29, 0.717) is 34.4 Å². The lowest BCUT2D eigenvalue weighted by Crippen LogP contribution is -2.20. The van der Waals surface area contributed by atoms with Gasteiger partial charge in [-0.1, -0.05) is 30.3 Å². The quantitative estimate of drug-likeness (QED) is 0.405. The van der Waals surface area contributed by atoms with Crippen LogP contribution in [0.25, 0.3) is 16.5 Å². The molecule has 0 atom stereocenters. The highest BCUT2D eigenvalue weighted by molar-refractivity contribution is 6.02. The number of ether oxygens (including phenoxy) is 1. The minimum absolute atomic E-state index is 0.128. The molecule has 1 heterocycles. The molecule has 5 rings (SSSR count). The van der Waals surface area contributed by atoms with Gasteiger partial charge in [0.15, 0.2) is 0 Å². The summed E-state index contributed by atoms with van der Waals surface area (Å²) in [6.07, 6.45) is 6.15. The average molecular weight is 439 g/mol. The van der Waals surface area contributed by atoms with E-state index in [4.69, 9.17) is 9.73 Å². The molecule has 5 nitrogen and oxygen atoms in total. The molecule has 0 aliphatic heterocycles. The number of aryl methyl sites for hydroxylation is 1. The van der Waals surface area contributed by atoms with E-state index in [1.54, 1.807) is 36.5 Å². The third-order valence-corrected chi connectivity index (χ3v) is 6.21. The lowest BCUT2D eigenvalue weighted by atomic mass is 9.90. The van der Waals surface area contributed by atoms with Gasteiger partial charge in [0.25, 0.3) is 5.56 Å².